The zero-order chi connectivity index (χ0) is 54.4. The minimum atomic E-state index is -1.78. The van der Waals surface area contributed by atoms with Crippen molar-refractivity contribution >= 4 is 96.2 Å². The van der Waals surface area contributed by atoms with Crippen LogP contribution in [-0.2, 0) is 59.2 Å². The standard InChI is InChI=1S/C44H69N15O12S2/c45-25(21-72)35(64)54-28(18-23-8-10-24(60)11-9-23)39(68)58-44(14-2-1-3-15-44)42(71)57-27(12-13-32(46)61)37(66)55-29(19-33(47)62)38(67)56-30(22-73)41(70)59-17-5-7-31(59)40(69)53-26(6-4-16-51-43(49)50)36(65)52-20-34(48)63/h8-11,25-31,60,72-73H,1-7,12-22,45H2,(H2,46,61)(H2,47,62)(H2,48,63)(H,52,65)(H,53,69)(H,54,64)(H,55,66)(H,56,67)(H,57,71)(H,58,68)(H4,49,50,51)/t25-,26-,27-,28-,29-,30-,31-/m0/s1. The highest BCUT2D eigenvalue weighted by atomic mass is 32.1. The van der Waals surface area contributed by atoms with Gasteiger partial charge in [0.2, 0.25) is 65.0 Å². The summed E-state index contributed by atoms with van der Waals surface area (Å²) in [6, 6.07) is -3.68. The van der Waals surface area contributed by atoms with E-state index in [-0.39, 0.29) is 74.8 Å². The highest BCUT2D eigenvalue weighted by molar-refractivity contribution is 7.80. The molecule has 1 saturated heterocycles. The summed E-state index contributed by atoms with van der Waals surface area (Å²) in [5, 5.41) is 27.5. The van der Waals surface area contributed by atoms with Gasteiger partial charge in [-0.05, 0) is 62.6 Å². The van der Waals surface area contributed by atoms with Crippen molar-refractivity contribution in [2.45, 2.75) is 131 Å². The number of amides is 11. The molecule has 20 N–H and O–H groups in total. The number of hydrogen-bond donors (Lipinski definition) is 16. The zero-order valence-corrected chi connectivity index (χ0v) is 42.1. The van der Waals surface area contributed by atoms with Gasteiger partial charge < -0.3 is 81.6 Å². The Hall–Kier alpha value is -6.88. The van der Waals surface area contributed by atoms with Gasteiger partial charge in [0.15, 0.2) is 5.96 Å². The van der Waals surface area contributed by atoms with Crippen LogP contribution in [0.4, 0.5) is 0 Å². The smallest absolute Gasteiger partial charge is 0.246 e. The van der Waals surface area contributed by atoms with Gasteiger partial charge in [-0.3, -0.25) is 57.7 Å². The molecule has 27 nitrogen and oxygen atoms in total. The van der Waals surface area contributed by atoms with Gasteiger partial charge in [0.1, 0.15) is 47.5 Å². The van der Waals surface area contributed by atoms with E-state index in [1.165, 1.54) is 17.0 Å². The number of primary amides is 3. The van der Waals surface area contributed by atoms with E-state index in [2.05, 4.69) is 67.5 Å². The van der Waals surface area contributed by atoms with Crippen molar-refractivity contribution in [2.75, 3.05) is 31.1 Å². The number of hydrogen-bond acceptors (Lipinski definition) is 16. The molecule has 1 heterocycles. The van der Waals surface area contributed by atoms with Gasteiger partial charge in [0.05, 0.1) is 19.0 Å². The Bertz CT molecular complexity index is 2190. The molecule has 1 aliphatic heterocycles. The number of likely N-dealkylation sites (tertiary alicyclic amines) is 1. The predicted molar refractivity (Wildman–Crippen MR) is 270 cm³/mol. The molecule has 404 valence electrons. The van der Waals surface area contributed by atoms with E-state index in [1.54, 1.807) is 12.1 Å². The quantitative estimate of drug-likeness (QED) is 0.0154. The number of thiol groups is 2. The number of nitrogens with zero attached hydrogens (tertiary/aromatic N) is 2. The van der Waals surface area contributed by atoms with E-state index in [0.717, 1.165) is 0 Å². The Morgan fingerprint density at radius 2 is 1.30 bits per heavy atom. The van der Waals surface area contributed by atoms with E-state index >= 15 is 0 Å². The maximum absolute atomic E-state index is 14.4. The Kier molecular flexibility index (Phi) is 24.5. The number of aromatic hydroxyl groups is 1. The molecule has 0 radical (unpaired) electrons. The van der Waals surface area contributed by atoms with E-state index in [0.29, 0.717) is 31.2 Å². The molecular weight excluding hydrogens is 995 g/mol. The fraction of sp³-hybridized carbons (Fsp3) is 0.591. The molecule has 1 aromatic carbocycles. The first-order valence-electron chi connectivity index (χ1n) is 23.6. The zero-order valence-electron chi connectivity index (χ0n) is 40.3. The molecule has 1 aromatic rings. The lowest BCUT2D eigenvalue weighted by Gasteiger charge is -2.38. The molecule has 1 saturated carbocycles. The van der Waals surface area contributed by atoms with E-state index < -0.39 is 139 Å². The summed E-state index contributed by atoms with van der Waals surface area (Å²) in [7, 11) is 0. The number of phenols is 1. The Morgan fingerprint density at radius 3 is 1.89 bits per heavy atom. The summed E-state index contributed by atoms with van der Waals surface area (Å²) in [5.41, 5.74) is 31.6. The summed E-state index contributed by atoms with van der Waals surface area (Å²) in [6.45, 7) is -0.362. The van der Waals surface area contributed by atoms with Crippen LogP contribution in [-0.4, -0.2) is 160 Å². The predicted octanol–water partition coefficient (Wildman–Crippen LogP) is -5.85. The van der Waals surface area contributed by atoms with E-state index in [4.69, 9.17) is 34.4 Å². The SMILES string of the molecule is NC(=O)CC[C@H](NC(=O)C1(NC(=O)[C@H](Cc2ccc(O)cc2)NC(=O)[C@@H](N)CS)CCCCC1)C(=O)N[C@@H](CC(N)=O)C(=O)N[C@@H](CS)C(=O)N1CCC[C@H]1C(=O)N[C@@H](CCCN=C(N)N)C(=O)NCC(N)=O. The summed E-state index contributed by atoms with van der Waals surface area (Å²) < 4.78 is 0. The lowest BCUT2D eigenvalue weighted by molar-refractivity contribution is -0.142. The van der Waals surface area contributed by atoms with E-state index in [1.807, 2.05) is 0 Å². The average molecular weight is 1060 g/mol. The first-order chi connectivity index (χ1) is 34.5. The van der Waals surface area contributed by atoms with Crippen LogP contribution in [0, 0.1) is 0 Å². The lowest BCUT2D eigenvalue weighted by Crippen LogP contribution is -2.66. The van der Waals surface area contributed by atoms with Gasteiger partial charge in [-0.2, -0.15) is 25.3 Å². The third-order valence-electron chi connectivity index (χ3n) is 12.0. The highest BCUT2D eigenvalue weighted by Crippen LogP contribution is 2.29. The number of aliphatic imine (C=N–C) groups is 1. The largest absolute Gasteiger partial charge is 0.508 e. The number of benzene rings is 1. The maximum atomic E-state index is 14.4. The highest BCUT2D eigenvalue weighted by Gasteiger charge is 2.45. The lowest BCUT2D eigenvalue weighted by atomic mass is 9.80. The number of carbonyl (C=O) groups is 11. The van der Waals surface area contributed by atoms with Crippen molar-refractivity contribution in [2.24, 2.45) is 39.4 Å². The van der Waals surface area contributed by atoms with Crippen LogP contribution in [0.3, 0.4) is 0 Å². The van der Waals surface area contributed by atoms with Crippen molar-refractivity contribution in [1.29, 1.82) is 0 Å². The number of guanidine groups is 1. The summed E-state index contributed by atoms with van der Waals surface area (Å²) in [5.74, 6) is -10.1. The van der Waals surface area contributed by atoms with Crippen molar-refractivity contribution in [3.05, 3.63) is 29.8 Å². The van der Waals surface area contributed by atoms with Crippen LogP contribution < -0.4 is 71.6 Å². The molecule has 0 unspecified atom stereocenters. The van der Waals surface area contributed by atoms with Crippen LogP contribution in [0.25, 0.3) is 0 Å². The first-order valence-corrected chi connectivity index (χ1v) is 24.8. The van der Waals surface area contributed by atoms with Crippen LogP contribution in [0.5, 0.6) is 5.75 Å². The molecule has 3 rings (SSSR count). The molecule has 2 aliphatic rings. The molecule has 29 heteroatoms. The molecule has 2 fully saturated rings. The molecule has 11 amide bonds. The minimum absolute atomic E-state index is 0.0259. The number of nitrogens with one attached hydrogen (secondary N) is 7. The minimum Gasteiger partial charge on any atom is -0.508 e. The third kappa shape index (κ3) is 19.6. The van der Waals surface area contributed by atoms with Gasteiger partial charge in [-0.1, -0.05) is 31.4 Å². The molecular formula is C44H69N15O12S2. The maximum Gasteiger partial charge on any atom is 0.246 e. The summed E-state index contributed by atoms with van der Waals surface area (Å²) >= 11 is 8.31. The topological polar surface area (TPSA) is 464 Å². The Morgan fingerprint density at radius 1 is 0.685 bits per heavy atom. The fourth-order valence-electron chi connectivity index (χ4n) is 8.16. The number of rotatable bonds is 29. The second-order valence-corrected chi connectivity index (χ2v) is 18.5. The van der Waals surface area contributed by atoms with Gasteiger partial charge >= 0.3 is 0 Å². The van der Waals surface area contributed by atoms with Crippen LogP contribution in [0.2, 0.25) is 0 Å². The molecule has 0 aromatic heterocycles. The van der Waals surface area contributed by atoms with Gasteiger partial charge in [-0.15, -0.1) is 0 Å². The first kappa shape index (κ1) is 60.4. The monoisotopic (exact) mass is 1060 g/mol. The molecule has 1 aliphatic carbocycles. The van der Waals surface area contributed by atoms with Crippen molar-refractivity contribution in [1.82, 2.24) is 42.1 Å². The van der Waals surface area contributed by atoms with Crippen molar-refractivity contribution in [3.8, 4) is 5.75 Å². The molecule has 7 atom stereocenters. The van der Waals surface area contributed by atoms with Crippen molar-refractivity contribution in [3.63, 3.8) is 0 Å². The van der Waals surface area contributed by atoms with Gasteiger partial charge in [0, 0.05) is 37.4 Å². The third-order valence-corrected chi connectivity index (χ3v) is 12.8. The Balaban J connectivity index is 1.84. The second kappa shape index (κ2) is 29.6. The Labute approximate surface area is 432 Å². The summed E-state index contributed by atoms with van der Waals surface area (Å²) in [4.78, 5) is 151. The average Bonchev–Trinajstić information content (AvgIpc) is 3.84. The van der Waals surface area contributed by atoms with Gasteiger partial charge in [0.25, 0.3) is 0 Å². The second-order valence-electron chi connectivity index (χ2n) is 17.7. The van der Waals surface area contributed by atoms with Crippen LogP contribution in [0.1, 0.15) is 82.6 Å². The fourth-order valence-corrected chi connectivity index (χ4v) is 8.57. The summed E-state index contributed by atoms with van der Waals surface area (Å²) in [6.07, 6.45) is 0.761. The van der Waals surface area contributed by atoms with Gasteiger partial charge in [-0.25, -0.2) is 0 Å². The van der Waals surface area contributed by atoms with E-state index in [9.17, 15) is 57.8 Å². The number of nitrogens with two attached hydrogens (primary N) is 6. The number of carbonyl (C=O) groups excluding carboxylic acids is 11. The molecule has 0 bridgehead atoms. The normalized spacial score (nSPS) is 17.4. The molecule has 73 heavy (non-hydrogen) atoms. The van der Waals surface area contributed by atoms with Crippen molar-refractivity contribution < 1.29 is 57.8 Å². The van der Waals surface area contributed by atoms with Crippen LogP contribution in [0.15, 0.2) is 29.3 Å². The molecule has 0 spiro atoms. The number of phenolic OH excluding ortho intramolecular Hbond substituents is 1. The van der Waals surface area contributed by atoms with Crippen LogP contribution >= 0.6 is 25.3 Å².